The van der Waals surface area contributed by atoms with Gasteiger partial charge in [-0.2, -0.15) is 14.9 Å². The predicted molar refractivity (Wildman–Crippen MR) is 61.5 cm³/mol. The Hall–Kier alpha value is -2.06. The topological polar surface area (TPSA) is 96.0 Å². The van der Waals surface area contributed by atoms with Crippen LogP contribution in [-0.2, 0) is 11.3 Å². The van der Waals surface area contributed by atoms with Crippen LogP contribution in [0.4, 0.5) is 5.69 Å². The number of ether oxygens (including phenoxy) is 1. The van der Waals surface area contributed by atoms with Crippen molar-refractivity contribution in [2.75, 3.05) is 7.11 Å². The molecule has 8 nitrogen and oxygen atoms in total. The first-order chi connectivity index (χ1) is 8.65. The summed E-state index contributed by atoms with van der Waals surface area (Å²) in [6, 6.07) is 3.22. The molecule has 0 N–H and O–H groups in total. The molecule has 2 rings (SSSR count). The lowest BCUT2D eigenvalue weighted by atomic mass is 10.4. The molecule has 0 fully saturated rings. The minimum atomic E-state index is -0.601. The second-order valence-electron chi connectivity index (χ2n) is 3.27. The van der Waals surface area contributed by atoms with Crippen LogP contribution in [0, 0.1) is 10.1 Å². The fraction of sp³-hybridized carbons (Fsp3) is 0.222. The Morgan fingerprint density at radius 1 is 1.61 bits per heavy atom. The van der Waals surface area contributed by atoms with Crippen molar-refractivity contribution in [3.8, 4) is 5.82 Å². The SMILES string of the molecule is COCc1nn(-c2cccnn2)c(Cl)c1[N+](=O)[O-]. The summed E-state index contributed by atoms with van der Waals surface area (Å²) in [7, 11) is 1.42. The molecule has 0 radical (unpaired) electrons. The first-order valence-corrected chi connectivity index (χ1v) is 5.21. The van der Waals surface area contributed by atoms with E-state index in [0.29, 0.717) is 5.82 Å². The molecule has 2 aromatic heterocycles. The van der Waals surface area contributed by atoms with Gasteiger partial charge < -0.3 is 4.74 Å². The molecule has 0 bridgehead atoms. The minimum Gasteiger partial charge on any atom is -0.378 e. The summed E-state index contributed by atoms with van der Waals surface area (Å²) >= 11 is 5.93. The molecule has 0 saturated carbocycles. The molecule has 0 aliphatic heterocycles. The number of hydrogen-bond acceptors (Lipinski definition) is 6. The second-order valence-corrected chi connectivity index (χ2v) is 3.63. The molecule has 18 heavy (non-hydrogen) atoms. The Morgan fingerprint density at radius 2 is 2.39 bits per heavy atom. The number of methoxy groups -OCH3 is 1. The third-order valence-electron chi connectivity index (χ3n) is 2.11. The van der Waals surface area contributed by atoms with E-state index in [2.05, 4.69) is 15.3 Å². The lowest BCUT2D eigenvalue weighted by molar-refractivity contribution is -0.385. The summed E-state index contributed by atoms with van der Waals surface area (Å²) < 4.78 is 6.00. The van der Waals surface area contributed by atoms with Gasteiger partial charge in [0.25, 0.3) is 0 Å². The zero-order chi connectivity index (χ0) is 13.1. The van der Waals surface area contributed by atoms with E-state index in [4.69, 9.17) is 16.3 Å². The Balaban J connectivity index is 2.57. The maximum atomic E-state index is 10.9. The number of aromatic nitrogens is 4. The number of nitrogens with zero attached hydrogens (tertiary/aromatic N) is 5. The van der Waals surface area contributed by atoms with Crippen molar-refractivity contribution >= 4 is 17.3 Å². The van der Waals surface area contributed by atoms with Crippen LogP contribution in [0.3, 0.4) is 0 Å². The summed E-state index contributed by atoms with van der Waals surface area (Å²) in [6.07, 6.45) is 1.48. The van der Waals surface area contributed by atoms with Crippen molar-refractivity contribution in [2.45, 2.75) is 6.61 Å². The van der Waals surface area contributed by atoms with Crippen molar-refractivity contribution in [1.82, 2.24) is 20.0 Å². The first kappa shape index (κ1) is 12.4. The van der Waals surface area contributed by atoms with Crippen molar-refractivity contribution in [1.29, 1.82) is 0 Å². The molecule has 2 aromatic rings. The summed E-state index contributed by atoms with van der Waals surface area (Å²) in [6.45, 7) is -0.0106. The molecule has 0 aliphatic carbocycles. The zero-order valence-corrected chi connectivity index (χ0v) is 10.0. The number of halogens is 1. The average Bonchev–Trinajstić information content (AvgIpc) is 2.68. The molecule has 0 atom stereocenters. The van der Waals surface area contributed by atoms with Crippen LogP contribution in [0.5, 0.6) is 0 Å². The molecule has 0 aromatic carbocycles. The van der Waals surface area contributed by atoms with Gasteiger partial charge in [-0.1, -0.05) is 11.6 Å². The maximum Gasteiger partial charge on any atom is 0.331 e. The largest absolute Gasteiger partial charge is 0.378 e. The highest BCUT2D eigenvalue weighted by molar-refractivity contribution is 6.32. The van der Waals surface area contributed by atoms with Crippen molar-refractivity contribution in [3.05, 3.63) is 39.3 Å². The Kier molecular flexibility index (Phi) is 3.49. The molecule has 0 spiro atoms. The van der Waals surface area contributed by atoms with Crippen molar-refractivity contribution < 1.29 is 9.66 Å². The number of rotatable bonds is 4. The van der Waals surface area contributed by atoms with Gasteiger partial charge in [0, 0.05) is 13.3 Å². The Morgan fingerprint density at radius 3 is 2.94 bits per heavy atom. The van der Waals surface area contributed by atoms with Crippen LogP contribution >= 0.6 is 11.6 Å². The van der Waals surface area contributed by atoms with Gasteiger partial charge in [-0.15, -0.1) is 5.10 Å². The van der Waals surface area contributed by atoms with Crippen molar-refractivity contribution in [3.63, 3.8) is 0 Å². The third-order valence-corrected chi connectivity index (χ3v) is 2.45. The van der Waals surface area contributed by atoms with Gasteiger partial charge in [0.15, 0.2) is 11.5 Å². The lowest BCUT2D eigenvalue weighted by Gasteiger charge is -1.98. The molecular weight excluding hydrogens is 262 g/mol. The maximum absolute atomic E-state index is 10.9. The normalized spacial score (nSPS) is 10.6. The van der Waals surface area contributed by atoms with Crippen LogP contribution in [0.25, 0.3) is 5.82 Å². The summed E-state index contributed by atoms with van der Waals surface area (Å²) in [5.74, 6) is 0.299. The van der Waals surface area contributed by atoms with E-state index in [9.17, 15) is 10.1 Å². The van der Waals surface area contributed by atoms with Crippen LogP contribution in [0.1, 0.15) is 5.69 Å². The van der Waals surface area contributed by atoms with E-state index in [1.807, 2.05) is 0 Å². The monoisotopic (exact) mass is 269 g/mol. The van der Waals surface area contributed by atoms with Gasteiger partial charge in [-0.3, -0.25) is 10.1 Å². The highest BCUT2D eigenvalue weighted by atomic mass is 35.5. The standard InChI is InChI=1S/C9H8ClN5O3/c1-18-5-6-8(15(16)17)9(10)14(13-6)7-3-2-4-11-12-7/h2-4H,5H2,1H3. The molecule has 0 unspecified atom stereocenters. The smallest absolute Gasteiger partial charge is 0.331 e. The van der Waals surface area contributed by atoms with Crippen LogP contribution in [-0.4, -0.2) is 32.0 Å². The summed E-state index contributed by atoms with van der Waals surface area (Å²) in [4.78, 5) is 10.3. The highest BCUT2D eigenvalue weighted by Gasteiger charge is 2.27. The van der Waals surface area contributed by atoms with E-state index < -0.39 is 4.92 Å². The Bertz CT molecular complexity index is 571. The van der Waals surface area contributed by atoms with Gasteiger partial charge in [0.2, 0.25) is 5.15 Å². The van der Waals surface area contributed by atoms with Crippen molar-refractivity contribution in [2.24, 2.45) is 0 Å². The van der Waals surface area contributed by atoms with Gasteiger partial charge in [0.1, 0.15) is 0 Å². The van der Waals surface area contributed by atoms with Gasteiger partial charge in [-0.05, 0) is 12.1 Å². The quantitative estimate of drug-likeness (QED) is 0.614. The second kappa shape index (κ2) is 5.07. The lowest BCUT2D eigenvalue weighted by Crippen LogP contribution is -2.01. The molecule has 2 heterocycles. The highest BCUT2D eigenvalue weighted by Crippen LogP contribution is 2.30. The van der Waals surface area contributed by atoms with E-state index in [1.165, 1.54) is 13.3 Å². The molecule has 0 aliphatic rings. The summed E-state index contributed by atoms with van der Waals surface area (Å²) in [5.41, 5.74) is -0.151. The van der Waals surface area contributed by atoms with E-state index in [1.54, 1.807) is 12.1 Å². The molecular formula is C9H8ClN5O3. The average molecular weight is 270 g/mol. The molecule has 9 heteroatoms. The number of nitro groups is 1. The van der Waals surface area contributed by atoms with E-state index in [0.717, 1.165) is 4.68 Å². The van der Waals surface area contributed by atoms with E-state index >= 15 is 0 Å². The predicted octanol–water partition coefficient (Wildman–Crippen LogP) is 1.37. The third kappa shape index (κ3) is 2.15. The zero-order valence-electron chi connectivity index (χ0n) is 9.28. The van der Waals surface area contributed by atoms with Gasteiger partial charge in [-0.25, -0.2) is 0 Å². The van der Waals surface area contributed by atoms with E-state index in [-0.39, 0.29) is 23.1 Å². The van der Waals surface area contributed by atoms with Gasteiger partial charge >= 0.3 is 5.69 Å². The van der Waals surface area contributed by atoms with Crippen LogP contribution < -0.4 is 0 Å². The molecule has 0 saturated heterocycles. The van der Waals surface area contributed by atoms with Gasteiger partial charge in [0.05, 0.1) is 11.5 Å². The number of hydrogen-bond donors (Lipinski definition) is 0. The fourth-order valence-corrected chi connectivity index (χ4v) is 1.71. The molecule has 94 valence electrons. The molecule has 0 amide bonds. The fourth-order valence-electron chi connectivity index (χ4n) is 1.40. The minimum absolute atomic E-state index is 0.0106. The van der Waals surface area contributed by atoms with Crippen LogP contribution in [0.2, 0.25) is 5.15 Å². The first-order valence-electron chi connectivity index (χ1n) is 4.84. The van der Waals surface area contributed by atoms with Crippen LogP contribution in [0.15, 0.2) is 18.3 Å². The summed E-state index contributed by atoms with van der Waals surface area (Å²) in [5, 5.41) is 22.3. The Labute approximate surface area is 106 Å².